The zero-order valence-electron chi connectivity index (χ0n) is 10.8. The number of nitrogens with one attached hydrogen (secondary N) is 1. The second-order valence-electron chi connectivity index (χ2n) is 4.59. The first-order valence-corrected chi connectivity index (χ1v) is 6.86. The third kappa shape index (κ3) is 3.53. The van der Waals surface area contributed by atoms with Gasteiger partial charge in [0.25, 0.3) is 5.91 Å². The van der Waals surface area contributed by atoms with Crippen molar-refractivity contribution < 1.29 is 4.79 Å². The topological polar surface area (TPSA) is 42.0 Å². The van der Waals surface area contributed by atoms with Crippen LogP contribution in [0, 0.1) is 13.8 Å². The fraction of sp³-hybridized carbons (Fsp3) is 0.538. The molecule has 1 atom stereocenters. The van der Waals surface area contributed by atoms with Crippen molar-refractivity contribution in [2.45, 2.75) is 39.7 Å². The summed E-state index contributed by atoms with van der Waals surface area (Å²) in [5.41, 5.74) is 2.14. The van der Waals surface area contributed by atoms with Gasteiger partial charge in [0.2, 0.25) is 0 Å². The summed E-state index contributed by atoms with van der Waals surface area (Å²) >= 11 is 3.43. The maximum absolute atomic E-state index is 12.1. The van der Waals surface area contributed by atoms with Gasteiger partial charge in [0, 0.05) is 16.6 Å². The molecule has 1 aromatic rings. The predicted molar refractivity (Wildman–Crippen MR) is 73.7 cm³/mol. The van der Waals surface area contributed by atoms with Crippen LogP contribution in [0.2, 0.25) is 0 Å². The number of carbonyl (C=O) groups is 1. The largest absolute Gasteiger partial charge is 0.346 e. The van der Waals surface area contributed by atoms with E-state index >= 15 is 0 Å². The third-order valence-electron chi connectivity index (χ3n) is 2.96. The van der Waals surface area contributed by atoms with Gasteiger partial charge in [-0.15, -0.1) is 0 Å². The van der Waals surface area contributed by atoms with Gasteiger partial charge in [-0.1, -0.05) is 22.9 Å². The van der Waals surface area contributed by atoms with Crippen molar-refractivity contribution in [1.82, 2.24) is 10.3 Å². The highest BCUT2D eigenvalue weighted by atomic mass is 79.9. The summed E-state index contributed by atoms with van der Waals surface area (Å²) < 4.78 is 0. The molecule has 0 bridgehead atoms. The van der Waals surface area contributed by atoms with Crippen molar-refractivity contribution in [2.24, 2.45) is 0 Å². The van der Waals surface area contributed by atoms with Crippen LogP contribution in [0.5, 0.6) is 0 Å². The molecule has 0 fully saturated rings. The molecule has 17 heavy (non-hydrogen) atoms. The Morgan fingerprint density at radius 3 is 2.59 bits per heavy atom. The second kappa shape index (κ2) is 5.63. The Bertz CT molecular complexity index is 414. The van der Waals surface area contributed by atoms with E-state index in [2.05, 4.69) is 33.2 Å². The van der Waals surface area contributed by atoms with Crippen molar-refractivity contribution in [3.8, 4) is 0 Å². The molecule has 0 aliphatic rings. The number of nitrogens with zero attached hydrogens (tertiary/aromatic N) is 1. The van der Waals surface area contributed by atoms with Crippen LogP contribution >= 0.6 is 15.9 Å². The first-order chi connectivity index (χ1) is 7.91. The normalized spacial score (nSPS) is 14.2. The van der Waals surface area contributed by atoms with Gasteiger partial charge in [0.15, 0.2) is 0 Å². The number of aryl methyl sites for hydroxylation is 2. The monoisotopic (exact) mass is 298 g/mol. The minimum Gasteiger partial charge on any atom is -0.346 e. The number of carbonyl (C=O) groups excluding carboxylic acids is 1. The van der Waals surface area contributed by atoms with Gasteiger partial charge < -0.3 is 5.32 Å². The molecule has 4 heteroatoms. The summed E-state index contributed by atoms with van der Waals surface area (Å²) in [6.07, 6.45) is 0.877. The predicted octanol–water partition coefficient (Wildman–Crippen LogP) is 2.99. The van der Waals surface area contributed by atoms with Crippen molar-refractivity contribution >= 4 is 21.8 Å². The number of hydrogen-bond acceptors (Lipinski definition) is 2. The van der Waals surface area contributed by atoms with E-state index in [-0.39, 0.29) is 11.4 Å². The second-order valence-corrected chi connectivity index (χ2v) is 5.15. The van der Waals surface area contributed by atoms with E-state index in [1.54, 1.807) is 0 Å². The van der Waals surface area contributed by atoms with Gasteiger partial charge in [0.1, 0.15) is 0 Å². The van der Waals surface area contributed by atoms with E-state index in [4.69, 9.17) is 0 Å². The lowest BCUT2D eigenvalue weighted by molar-refractivity contribution is 0.0912. The summed E-state index contributed by atoms with van der Waals surface area (Å²) in [5, 5.41) is 3.78. The summed E-state index contributed by atoms with van der Waals surface area (Å²) in [5.74, 6) is -0.0567. The standard InChI is InChI=1S/C13H19BrN2O/c1-5-13(4,8-14)16-12(17)11-7-6-9(2)15-10(11)3/h6-7H,5,8H2,1-4H3,(H,16,17). The minimum atomic E-state index is -0.214. The van der Waals surface area contributed by atoms with Gasteiger partial charge in [-0.3, -0.25) is 9.78 Å². The number of halogens is 1. The van der Waals surface area contributed by atoms with Gasteiger partial charge >= 0.3 is 0 Å². The number of pyridine rings is 1. The molecule has 1 N–H and O–H groups in total. The van der Waals surface area contributed by atoms with E-state index in [0.29, 0.717) is 5.56 Å². The van der Waals surface area contributed by atoms with Crippen LogP contribution in [0.1, 0.15) is 42.0 Å². The van der Waals surface area contributed by atoms with Gasteiger partial charge in [-0.2, -0.15) is 0 Å². The maximum atomic E-state index is 12.1. The molecule has 0 saturated carbocycles. The summed E-state index contributed by atoms with van der Waals surface area (Å²) in [4.78, 5) is 16.4. The van der Waals surface area contributed by atoms with Crippen LogP contribution in [-0.4, -0.2) is 21.8 Å². The zero-order chi connectivity index (χ0) is 13.1. The van der Waals surface area contributed by atoms with Crippen molar-refractivity contribution in [1.29, 1.82) is 0 Å². The molecule has 1 heterocycles. The number of hydrogen-bond donors (Lipinski definition) is 1. The average Bonchev–Trinajstić information content (AvgIpc) is 2.28. The molecular weight excluding hydrogens is 280 g/mol. The number of alkyl halides is 1. The number of rotatable bonds is 4. The lowest BCUT2D eigenvalue weighted by Crippen LogP contribution is -2.47. The van der Waals surface area contributed by atoms with Crippen LogP contribution in [0.25, 0.3) is 0 Å². The number of aromatic nitrogens is 1. The fourth-order valence-electron chi connectivity index (χ4n) is 1.48. The average molecular weight is 299 g/mol. The van der Waals surface area contributed by atoms with Gasteiger partial charge in [0.05, 0.1) is 11.3 Å². The van der Waals surface area contributed by atoms with Crippen LogP contribution in [0.4, 0.5) is 0 Å². The van der Waals surface area contributed by atoms with Gasteiger partial charge in [-0.05, 0) is 39.3 Å². The minimum absolute atomic E-state index is 0.0567. The van der Waals surface area contributed by atoms with Crippen LogP contribution in [-0.2, 0) is 0 Å². The molecular formula is C13H19BrN2O. The highest BCUT2D eigenvalue weighted by molar-refractivity contribution is 9.09. The molecule has 94 valence electrons. The molecule has 0 spiro atoms. The van der Waals surface area contributed by atoms with Crippen molar-refractivity contribution in [3.63, 3.8) is 0 Å². The molecule has 0 aliphatic heterocycles. The molecule has 1 aromatic heterocycles. The first kappa shape index (κ1) is 14.2. The lowest BCUT2D eigenvalue weighted by Gasteiger charge is -2.27. The maximum Gasteiger partial charge on any atom is 0.253 e. The van der Waals surface area contributed by atoms with Crippen LogP contribution in [0.15, 0.2) is 12.1 Å². The Labute approximate surface area is 111 Å². The van der Waals surface area contributed by atoms with Crippen molar-refractivity contribution in [2.75, 3.05) is 5.33 Å². The van der Waals surface area contributed by atoms with Crippen molar-refractivity contribution in [3.05, 3.63) is 29.1 Å². The Morgan fingerprint density at radius 1 is 1.47 bits per heavy atom. The summed E-state index contributed by atoms with van der Waals surface area (Å²) in [7, 11) is 0. The molecule has 1 rings (SSSR count). The lowest BCUT2D eigenvalue weighted by atomic mass is 10.0. The molecule has 0 aliphatic carbocycles. The highest BCUT2D eigenvalue weighted by Crippen LogP contribution is 2.15. The molecule has 1 unspecified atom stereocenters. The molecule has 0 aromatic carbocycles. The molecule has 0 radical (unpaired) electrons. The molecule has 1 amide bonds. The third-order valence-corrected chi connectivity index (χ3v) is 4.20. The summed E-state index contributed by atoms with van der Waals surface area (Å²) in [6.45, 7) is 7.86. The zero-order valence-corrected chi connectivity index (χ0v) is 12.4. The SMILES string of the molecule is CCC(C)(CBr)NC(=O)c1ccc(C)nc1C. The Kier molecular flexibility index (Phi) is 4.69. The van der Waals surface area contributed by atoms with Gasteiger partial charge in [-0.25, -0.2) is 0 Å². The van der Waals surface area contributed by atoms with E-state index in [1.807, 2.05) is 32.9 Å². The Hall–Kier alpha value is -0.900. The fourth-order valence-corrected chi connectivity index (χ4v) is 2.02. The first-order valence-electron chi connectivity index (χ1n) is 5.74. The Morgan fingerprint density at radius 2 is 2.12 bits per heavy atom. The molecule has 3 nitrogen and oxygen atoms in total. The quantitative estimate of drug-likeness (QED) is 0.868. The Balaban J connectivity index is 2.90. The number of amides is 1. The van der Waals surface area contributed by atoms with E-state index in [9.17, 15) is 4.79 Å². The van der Waals surface area contributed by atoms with E-state index in [1.165, 1.54) is 0 Å². The van der Waals surface area contributed by atoms with Crippen LogP contribution < -0.4 is 5.32 Å². The molecule has 0 saturated heterocycles. The highest BCUT2D eigenvalue weighted by Gasteiger charge is 2.24. The smallest absolute Gasteiger partial charge is 0.253 e. The van der Waals surface area contributed by atoms with Crippen LogP contribution in [0.3, 0.4) is 0 Å². The summed E-state index contributed by atoms with van der Waals surface area (Å²) in [6, 6.07) is 3.69. The van der Waals surface area contributed by atoms with E-state index < -0.39 is 0 Å². The van der Waals surface area contributed by atoms with E-state index in [0.717, 1.165) is 23.1 Å².